The molecule has 8 heteroatoms. The Morgan fingerprint density at radius 2 is 2.47 bits per heavy atom. The lowest BCUT2D eigenvalue weighted by Crippen LogP contribution is -2.14. The van der Waals surface area contributed by atoms with Crippen LogP contribution in [0.5, 0.6) is 0 Å². The molecule has 2 unspecified atom stereocenters. The SMILES string of the molecule is CCC1CC1Nc1nc(NN)ncc1[N+](=O)[O-]. The van der Waals surface area contributed by atoms with Crippen LogP contribution in [0.1, 0.15) is 19.8 Å². The number of hydrogen-bond acceptors (Lipinski definition) is 7. The summed E-state index contributed by atoms with van der Waals surface area (Å²) in [5, 5.41) is 13.9. The summed E-state index contributed by atoms with van der Waals surface area (Å²) in [4.78, 5) is 18.0. The second-order valence-electron chi connectivity index (χ2n) is 3.98. The molecule has 0 radical (unpaired) electrons. The van der Waals surface area contributed by atoms with Gasteiger partial charge in [0.05, 0.1) is 4.92 Å². The molecule has 1 aliphatic carbocycles. The highest BCUT2D eigenvalue weighted by Crippen LogP contribution is 2.37. The molecule has 2 atom stereocenters. The quantitative estimate of drug-likeness (QED) is 0.395. The fraction of sp³-hybridized carbons (Fsp3) is 0.556. The second-order valence-corrected chi connectivity index (χ2v) is 3.98. The molecule has 1 heterocycles. The van der Waals surface area contributed by atoms with Crippen molar-refractivity contribution in [3.8, 4) is 0 Å². The molecule has 0 saturated heterocycles. The molecule has 0 aromatic carbocycles. The van der Waals surface area contributed by atoms with Crippen LogP contribution in [-0.4, -0.2) is 20.9 Å². The van der Waals surface area contributed by atoms with Crippen LogP contribution >= 0.6 is 0 Å². The average Bonchev–Trinajstić information content (AvgIpc) is 3.07. The van der Waals surface area contributed by atoms with Gasteiger partial charge in [-0.05, 0) is 12.3 Å². The first-order chi connectivity index (χ1) is 8.15. The first-order valence-corrected chi connectivity index (χ1v) is 5.40. The Morgan fingerprint density at radius 3 is 3.00 bits per heavy atom. The number of rotatable bonds is 5. The van der Waals surface area contributed by atoms with E-state index in [1.165, 1.54) is 0 Å². The maximum atomic E-state index is 10.8. The number of hydrogen-bond donors (Lipinski definition) is 3. The van der Waals surface area contributed by atoms with E-state index in [4.69, 9.17) is 5.84 Å². The highest BCUT2D eigenvalue weighted by atomic mass is 16.6. The fourth-order valence-electron chi connectivity index (χ4n) is 1.74. The zero-order chi connectivity index (χ0) is 12.4. The standard InChI is InChI=1S/C9H14N6O2/c1-2-5-3-6(5)12-8-7(15(16)17)4-11-9(13-8)14-10/h4-6H,2-3,10H2,1H3,(H2,11,12,13,14). The molecule has 0 aliphatic heterocycles. The minimum atomic E-state index is -0.508. The summed E-state index contributed by atoms with van der Waals surface area (Å²) in [6.07, 6.45) is 3.22. The van der Waals surface area contributed by atoms with Gasteiger partial charge in [-0.25, -0.2) is 10.8 Å². The molecule has 0 spiro atoms. The summed E-state index contributed by atoms with van der Waals surface area (Å²) < 4.78 is 0. The Hall–Kier alpha value is -1.96. The number of aromatic nitrogens is 2. The molecule has 8 nitrogen and oxygen atoms in total. The van der Waals surface area contributed by atoms with Crippen molar-refractivity contribution in [1.29, 1.82) is 0 Å². The Balaban J connectivity index is 2.20. The molecule has 0 amide bonds. The lowest BCUT2D eigenvalue weighted by atomic mass is 10.3. The van der Waals surface area contributed by atoms with Gasteiger partial charge in [0.15, 0.2) is 0 Å². The number of nitrogens with zero attached hydrogens (tertiary/aromatic N) is 3. The van der Waals surface area contributed by atoms with Gasteiger partial charge in [-0.15, -0.1) is 0 Å². The van der Waals surface area contributed by atoms with Crippen LogP contribution in [0.2, 0.25) is 0 Å². The maximum Gasteiger partial charge on any atom is 0.329 e. The van der Waals surface area contributed by atoms with Gasteiger partial charge in [-0.3, -0.25) is 15.5 Å². The van der Waals surface area contributed by atoms with E-state index in [0.717, 1.165) is 19.0 Å². The van der Waals surface area contributed by atoms with Crippen LogP contribution in [0.4, 0.5) is 17.5 Å². The predicted octanol–water partition coefficient (Wildman–Crippen LogP) is 0.881. The summed E-state index contributed by atoms with van der Waals surface area (Å²) in [5.41, 5.74) is 2.13. The van der Waals surface area contributed by atoms with Gasteiger partial charge < -0.3 is 5.32 Å². The number of nitrogens with one attached hydrogen (secondary N) is 2. The Bertz CT molecular complexity index is 437. The number of nitrogens with two attached hydrogens (primary N) is 1. The zero-order valence-corrected chi connectivity index (χ0v) is 9.38. The number of anilines is 2. The van der Waals surface area contributed by atoms with Crippen LogP contribution in [0, 0.1) is 16.0 Å². The largest absolute Gasteiger partial charge is 0.361 e. The van der Waals surface area contributed by atoms with E-state index in [1.54, 1.807) is 0 Å². The Morgan fingerprint density at radius 1 is 1.71 bits per heavy atom. The molecule has 1 aromatic rings. The van der Waals surface area contributed by atoms with Crippen molar-refractivity contribution in [3.63, 3.8) is 0 Å². The summed E-state index contributed by atoms with van der Waals surface area (Å²) in [5.74, 6) is 6.12. The smallest absolute Gasteiger partial charge is 0.329 e. The van der Waals surface area contributed by atoms with E-state index in [0.29, 0.717) is 5.92 Å². The van der Waals surface area contributed by atoms with E-state index in [9.17, 15) is 10.1 Å². The minimum absolute atomic E-state index is 0.134. The average molecular weight is 238 g/mol. The van der Waals surface area contributed by atoms with Crippen LogP contribution in [0.15, 0.2) is 6.20 Å². The van der Waals surface area contributed by atoms with E-state index >= 15 is 0 Å². The topological polar surface area (TPSA) is 119 Å². The third kappa shape index (κ3) is 2.41. The van der Waals surface area contributed by atoms with E-state index < -0.39 is 4.92 Å². The lowest BCUT2D eigenvalue weighted by molar-refractivity contribution is -0.384. The van der Waals surface area contributed by atoms with Crippen LogP contribution in [0.3, 0.4) is 0 Å². The normalized spacial score (nSPS) is 22.0. The molecule has 2 rings (SSSR count). The molecule has 4 N–H and O–H groups in total. The number of nitrogen functional groups attached to an aromatic ring is 1. The Labute approximate surface area is 97.8 Å². The monoisotopic (exact) mass is 238 g/mol. The summed E-state index contributed by atoms with van der Waals surface area (Å²) >= 11 is 0. The molecular weight excluding hydrogens is 224 g/mol. The molecule has 92 valence electrons. The van der Waals surface area contributed by atoms with E-state index in [1.807, 2.05) is 0 Å². The first kappa shape index (κ1) is 11.5. The van der Waals surface area contributed by atoms with Crippen LogP contribution < -0.4 is 16.6 Å². The maximum absolute atomic E-state index is 10.8. The van der Waals surface area contributed by atoms with Gasteiger partial charge in [0.1, 0.15) is 6.20 Å². The molecule has 1 aromatic heterocycles. The summed E-state index contributed by atoms with van der Waals surface area (Å²) in [6.45, 7) is 2.09. The van der Waals surface area contributed by atoms with Gasteiger partial charge in [0, 0.05) is 6.04 Å². The van der Waals surface area contributed by atoms with Crippen molar-refractivity contribution < 1.29 is 4.92 Å². The number of hydrazine groups is 1. The van der Waals surface area contributed by atoms with Crippen molar-refractivity contribution in [3.05, 3.63) is 16.3 Å². The van der Waals surface area contributed by atoms with Crippen molar-refractivity contribution in [2.24, 2.45) is 11.8 Å². The zero-order valence-electron chi connectivity index (χ0n) is 9.38. The minimum Gasteiger partial charge on any atom is -0.361 e. The first-order valence-electron chi connectivity index (χ1n) is 5.40. The van der Waals surface area contributed by atoms with Gasteiger partial charge >= 0.3 is 5.69 Å². The van der Waals surface area contributed by atoms with E-state index in [-0.39, 0.29) is 23.5 Å². The summed E-state index contributed by atoms with van der Waals surface area (Å²) in [7, 11) is 0. The third-order valence-electron chi connectivity index (χ3n) is 2.86. The van der Waals surface area contributed by atoms with Crippen molar-refractivity contribution in [1.82, 2.24) is 9.97 Å². The lowest BCUT2D eigenvalue weighted by Gasteiger charge is -2.06. The molecule has 17 heavy (non-hydrogen) atoms. The van der Waals surface area contributed by atoms with Crippen molar-refractivity contribution >= 4 is 17.5 Å². The van der Waals surface area contributed by atoms with Gasteiger partial charge in [-0.1, -0.05) is 13.3 Å². The van der Waals surface area contributed by atoms with Gasteiger partial charge in [0.2, 0.25) is 11.8 Å². The molecule has 1 saturated carbocycles. The van der Waals surface area contributed by atoms with Crippen molar-refractivity contribution in [2.75, 3.05) is 10.7 Å². The van der Waals surface area contributed by atoms with E-state index in [2.05, 4.69) is 27.6 Å². The molecule has 1 fully saturated rings. The van der Waals surface area contributed by atoms with Crippen molar-refractivity contribution in [2.45, 2.75) is 25.8 Å². The highest BCUT2D eigenvalue weighted by Gasteiger charge is 2.37. The molecule has 0 bridgehead atoms. The molecular formula is C9H14N6O2. The number of nitro groups is 1. The van der Waals surface area contributed by atoms with Gasteiger partial charge in [-0.2, -0.15) is 4.98 Å². The molecule has 1 aliphatic rings. The Kier molecular flexibility index (Phi) is 3.05. The second kappa shape index (κ2) is 4.50. The predicted molar refractivity (Wildman–Crippen MR) is 62.3 cm³/mol. The summed E-state index contributed by atoms with van der Waals surface area (Å²) in [6, 6.07) is 0.263. The third-order valence-corrected chi connectivity index (χ3v) is 2.86. The van der Waals surface area contributed by atoms with Crippen LogP contribution in [-0.2, 0) is 0 Å². The van der Waals surface area contributed by atoms with Crippen LogP contribution in [0.25, 0.3) is 0 Å². The van der Waals surface area contributed by atoms with Gasteiger partial charge in [0.25, 0.3) is 0 Å². The fourth-order valence-corrected chi connectivity index (χ4v) is 1.74. The highest BCUT2D eigenvalue weighted by molar-refractivity contribution is 5.58.